The fraction of sp³-hybridized carbons (Fsp3) is 0.455. The van der Waals surface area contributed by atoms with Crippen LogP contribution >= 0.6 is 11.6 Å². The van der Waals surface area contributed by atoms with Crippen molar-refractivity contribution in [2.75, 3.05) is 6.54 Å². The minimum absolute atomic E-state index is 0.277. The van der Waals surface area contributed by atoms with Gasteiger partial charge in [-0.1, -0.05) is 17.7 Å². The van der Waals surface area contributed by atoms with Crippen LogP contribution in [-0.2, 0) is 6.54 Å². The molecule has 0 spiro atoms. The first kappa shape index (κ1) is 9.94. The van der Waals surface area contributed by atoms with E-state index in [1.54, 1.807) is 6.07 Å². The molecular formula is C11H13ClFN. The van der Waals surface area contributed by atoms with Gasteiger partial charge in [-0.15, -0.1) is 0 Å². The van der Waals surface area contributed by atoms with Gasteiger partial charge in [-0.2, -0.15) is 0 Å². The fourth-order valence-electron chi connectivity index (χ4n) is 1.40. The van der Waals surface area contributed by atoms with Crippen LogP contribution in [0.2, 0.25) is 5.02 Å². The molecule has 1 N–H and O–H groups in total. The normalized spacial score (nSPS) is 15.9. The molecule has 0 saturated heterocycles. The Balaban J connectivity index is 1.87. The number of rotatable bonds is 4. The van der Waals surface area contributed by atoms with Crippen molar-refractivity contribution in [2.45, 2.75) is 19.4 Å². The SMILES string of the molecule is Fc1ccc(CNCC2CC2)c(Cl)c1. The molecule has 0 aromatic heterocycles. The molecule has 1 fully saturated rings. The van der Waals surface area contributed by atoms with Gasteiger partial charge in [0, 0.05) is 11.6 Å². The van der Waals surface area contributed by atoms with Gasteiger partial charge in [0.15, 0.2) is 0 Å². The highest BCUT2D eigenvalue weighted by molar-refractivity contribution is 6.31. The first-order valence-electron chi connectivity index (χ1n) is 4.90. The Morgan fingerprint density at radius 3 is 2.86 bits per heavy atom. The van der Waals surface area contributed by atoms with Crippen molar-refractivity contribution in [3.8, 4) is 0 Å². The van der Waals surface area contributed by atoms with Crippen LogP contribution < -0.4 is 5.32 Å². The molecule has 1 aliphatic rings. The smallest absolute Gasteiger partial charge is 0.124 e. The molecule has 1 aromatic carbocycles. The van der Waals surface area contributed by atoms with Gasteiger partial charge in [0.2, 0.25) is 0 Å². The molecule has 1 saturated carbocycles. The van der Waals surface area contributed by atoms with E-state index in [0.29, 0.717) is 5.02 Å². The maximum Gasteiger partial charge on any atom is 0.124 e. The lowest BCUT2D eigenvalue weighted by atomic mass is 10.2. The van der Waals surface area contributed by atoms with E-state index >= 15 is 0 Å². The molecule has 0 radical (unpaired) electrons. The van der Waals surface area contributed by atoms with Gasteiger partial charge in [0.25, 0.3) is 0 Å². The van der Waals surface area contributed by atoms with Gasteiger partial charge in [0.1, 0.15) is 5.82 Å². The van der Waals surface area contributed by atoms with E-state index in [9.17, 15) is 4.39 Å². The second-order valence-electron chi connectivity index (χ2n) is 3.81. The molecule has 0 unspecified atom stereocenters. The van der Waals surface area contributed by atoms with E-state index in [1.807, 2.05) is 0 Å². The van der Waals surface area contributed by atoms with Gasteiger partial charge in [-0.05, 0) is 43.0 Å². The highest BCUT2D eigenvalue weighted by atomic mass is 35.5. The quantitative estimate of drug-likeness (QED) is 0.811. The molecule has 0 amide bonds. The van der Waals surface area contributed by atoms with Crippen molar-refractivity contribution in [1.82, 2.24) is 5.32 Å². The standard InChI is InChI=1S/C11H13ClFN/c12-11-5-10(13)4-3-9(11)7-14-6-8-1-2-8/h3-5,8,14H,1-2,6-7H2. The Morgan fingerprint density at radius 2 is 2.21 bits per heavy atom. The van der Waals surface area contributed by atoms with Crippen LogP contribution in [0.1, 0.15) is 18.4 Å². The van der Waals surface area contributed by atoms with E-state index in [4.69, 9.17) is 11.6 Å². The average Bonchev–Trinajstić information content (AvgIpc) is 2.92. The zero-order valence-electron chi connectivity index (χ0n) is 7.89. The Morgan fingerprint density at radius 1 is 1.43 bits per heavy atom. The number of halogens is 2. The van der Waals surface area contributed by atoms with Crippen LogP contribution in [0.4, 0.5) is 4.39 Å². The van der Waals surface area contributed by atoms with Crippen LogP contribution in [0, 0.1) is 11.7 Å². The summed E-state index contributed by atoms with van der Waals surface area (Å²) >= 11 is 5.88. The minimum Gasteiger partial charge on any atom is -0.312 e. The molecule has 1 nitrogen and oxygen atoms in total. The summed E-state index contributed by atoms with van der Waals surface area (Å²) in [4.78, 5) is 0. The Bertz CT molecular complexity index is 323. The summed E-state index contributed by atoms with van der Waals surface area (Å²) in [6.07, 6.45) is 2.67. The van der Waals surface area contributed by atoms with Crippen LogP contribution in [-0.4, -0.2) is 6.54 Å². The number of benzene rings is 1. The molecule has 3 heteroatoms. The lowest BCUT2D eigenvalue weighted by molar-refractivity contribution is 0.620. The van der Waals surface area contributed by atoms with E-state index in [0.717, 1.165) is 24.6 Å². The molecular weight excluding hydrogens is 201 g/mol. The average molecular weight is 214 g/mol. The number of hydrogen-bond acceptors (Lipinski definition) is 1. The first-order valence-corrected chi connectivity index (χ1v) is 5.28. The molecule has 76 valence electrons. The van der Waals surface area contributed by atoms with Gasteiger partial charge < -0.3 is 5.32 Å². The molecule has 1 aromatic rings. The van der Waals surface area contributed by atoms with Gasteiger partial charge in [-0.3, -0.25) is 0 Å². The monoisotopic (exact) mass is 213 g/mol. The minimum atomic E-state index is -0.277. The summed E-state index contributed by atoms with van der Waals surface area (Å²) in [6.45, 7) is 1.78. The van der Waals surface area contributed by atoms with E-state index < -0.39 is 0 Å². The molecule has 2 rings (SSSR count). The molecule has 0 bridgehead atoms. The van der Waals surface area contributed by atoms with E-state index in [2.05, 4.69) is 5.32 Å². The third kappa shape index (κ3) is 2.69. The zero-order valence-corrected chi connectivity index (χ0v) is 8.65. The molecule has 14 heavy (non-hydrogen) atoms. The predicted octanol–water partition coefficient (Wildman–Crippen LogP) is 2.98. The molecule has 0 atom stereocenters. The molecule has 0 heterocycles. The topological polar surface area (TPSA) is 12.0 Å². The van der Waals surface area contributed by atoms with Crippen molar-refractivity contribution >= 4 is 11.6 Å². The van der Waals surface area contributed by atoms with Crippen molar-refractivity contribution in [2.24, 2.45) is 5.92 Å². The Labute approximate surface area is 88.3 Å². The Hall–Kier alpha value is -0.600. The summed E-state index contributed by atoms with van der Waals surface area (Å²) in [6, 6.07) is 4.53. The highest BCUT2D eigenvalue weighted by Crippen LogP contribution is 2.27. The van der Waals surface area contributed by atoms with Crippen LogP contribution in [0.15, 0.2) is 18.2 Å². The summed E-state index contributed by atoms with van der Waals surface area (Å²) in [5.41, 5.74) is 0.966. The van der Waals surface area contributed by atoms with Crippen molar-refractivity contribution in [3.63, 3.8) is 0 Å². The van der Waals surface area contributed by atoms with Gasteiger partial charge in [0.05, 0.1) is 0 Å². The van der Waals surface area contributed by atoms with Crippen LogP contribution in [0.5, 0.6) is 0 Å². The third-order valence-electron chi connectivity index (χ3n) is 2.46. The highest BCUT2D eigenvalue weighted by Gasteiger charge is 2.20. The van der Waals surface area contributed by atoms with Gasteiger partial charge >= 0.3 is 0 Å². The third-order valence-corrected chi connectivity index (χ3v) is 2.81. The first-order chi connectivity index (χ1) is 6.75. The summed E-state index contributed by atoms with van der Waals surface area (Å²) in [5.74, 6) is 0.579. The maximum atomic E-state index is 12.7. The maximum absolute atomic E-state index is 12.7. The Kier molecular flexibility index (Phi) is 3.04. The second-order valence-corrected chi connectivity index (χ2v) is 4.22. The van der Waals surface area contributed by atoms with Crippen molar-refractivity contribution < 1.29 is 4.39 Å². The van der Waals surface area contributed by atoms with Crippen molar-refractivity contribution in [1.29, 1.82) is 0 Å². The number of hydrogen-bond donors (Lipinski definition) is 1. The number of nitrogens with one attached hydrogen (secondary N) is 1. The molecule has 0 aliphatic heterocycles. The van der Waals surface area contributed by atoms with Crippen molar-refractivity contribution in [3.05, 3.63) is 34.6 Å². The molecule has 1 aliphatic carbocycles. The predicted molar refractivity (Wildman–Crippen MR) is 55.8 cm³/mol. The van der Waals surface area contributed by atoms with Crippen LogP contribution in [0.25, 0.3) is 0 Å². The lowest BCUT2D eigenvalue weighted by Gasteiger charge is -2.05. The lowest BCUT2D eigenvalue weighted by Crippen LogP contribution is -2.16. The van der Waals surface area contributed by atoms with Crippen LogP contribution in [0.3, 0.4) is 0 Å². The second kappa shape index (κ2) is 4.28. The van der Waals surface area contributed by atoms with Gasteiger partial charge in [-0.25, -0.2) is 4.39 Å². The zero-order chi connectivity index (χ0) is 9.97. The summed E-state index contributed by atoms with van der Waals surface area (Å²) in [5, 5.41) is 3.82. The van der Waals surface area contributed by atoms with E-state index in [-0.39, 0.29) is 5.82 Å². The largest absolute Gasteiger partial charge is 0.312 e. The summed E-state index contributed by atoms with van der Waals surface area (Å²) in [7, 11) is 0. The summed E-state index contributed by atoms with van der Waals surface area (Å²) < 4.78 is 12.7. The van der Waals surface area contributed by atoms with E-state index in [1.165, 1.54) is 25.0 Å². The fourth-order valence-corrected chi connectivity index (χ4v) is 1.63.